The first-order chi connectivity index (χ1) is 18.4. The van der Waals surface area contributed by atoms with Crippen molar-refractivity contribution in [1.29, 1.82) is 0 Å². The van der Waals surface area contributed by atoms with Gasteiger partial charge in [-0.05, 0) is 80.6 Å². The van der Waals surface area contributed by atoms with Crippen molar-refractivity contribution in [3.05, 3.63) is 133 Å². The zero-order valence-electron chi connectivity index (χ0n) is 20.5. The Bertz CT molecular complexity index is 2000. The third-order valence-corrected chi connectivity index (χ3v) is 8.11. The van der Waals surface area contributed by atoms with E-state index in [1.165, 1.54) is 71.0 Å². The fourth-order valence-electron chi connectivity index (χ4n) is 6.39. The fourth-order valence-corrected chi connectivity index (χ4v) is 6.39. The molecule has 1 aromatic heterocycles. The summed E-state index contributed by atoms with van der Waals surface area (Å²) in [6.07, 6.45) is 6.72. The summed E-state index contributed by atoms with van der Waals surface area (Å²) in [4.78, 5) is 0. The minimum absolute atomic E-state index is 1.02. The Labute approximate surface area is 215 Å². The first-order valence-corrected chi connectivity index (χ1v) is 13.1. The smallest absolute Gasteiger partial charge is 0.0537 e. The molecule has 0 atom stereocenters. The number of para-hydroxylation sites is 2. The molecule has 1 heterocycles. The molecule has 6 aromatic carbocycles. The monoisotopic (exact) mass is 471 g/mol. The van der Waals surface area contributed by atoms with Gasteiger partial charge in [0, 0.05) is 16.5 Å². The van der Waals surface area contributed by atoms with E-state index in [2.05, 4.69) is 132 Å². The van der Waals surface area contributed by atoms with Gasteiger partial charge in [0.2, 0.25) is 0 Å². The lowest BCUT2D eigenvalue weighted by Gasteiger charge is -2.19. The number of rotatable bonds is 2. The van der Waals surface area contributed by atoms with E-state index in [1.807, 2.05) is 0 Å². The molecule has 1 nitrogen and oxygen atoms in total. The lowest BCUT2D eigenvalue weighted by molar-refractivity contribution is 0.992. The van der Waals surface area contributed by atoms with Gasteiger partial charge in [0.15, 0.2) is 0 Å². The van der Waals surface area contributed by atoms with Crippen LogP contribution in [0.15, 0.2) is 127 Å². The molecule has 0 spiro atoms. The highest BCUT2D eigenvalue weighted by atomic mass is 15.0. The highest BCUT2D eigenvalue weighted by Gasteiger charge is 2.17. The molecule has 0 N–H and O–H groups in total. The van der Waals surface area contributed by atoms with Crippen LogP contribution in [0.4, 0.5) is 0 Å². The first kappa shape index (κ1) is 20.6. The Morgan fingerprint density at radius 2 is 0.892 bits per heavy atom. The van der Waals surface area contributed by atoms with Gasteiger partial charge in [-0.2, -0.15) is 0 Å². The molecule has 0 radical (unpaired) electrons. The summed E-state index contributed by atoms with van der Waals surface area (Å²) in [6, 6.07) is 42.2. The third kappa shape index (κ3) is 3.04. The van der Waals surface area contributed by atoms with Crippen LogP contribution in [-0.4, -0.2) is 4.57 Å². The van der Waals surface area contributed by atoms with Crippen LogP contribution in [0.5, 0.6) is 0 Å². The summed E-state index contributed by atoms with van der Waals surface area (Å²) in [7, 11) is 0. The van der Waals surface area contributed by atoms with Gasteiger partial charge in [0.1, 0.15) is 0 Å². The number of fused-ring (bicyclic) bond motifs is 9. The molecule has 7 aromatic rings. The number of hydrogen-bond donors (Lipinski definition) is 0. The molecule has 1 aliphatic rings. The van der Waals surface area contributed by atoms with Crippen molar-refractivity contribution in [3.8, 4) is 0 Å². The second-order valence-corrected chi connectivity index (χ2v) is 10.1. The standard InChI is InChI=1S/C36H25N/c1-2-11-29-27(9-1)28-10-3-4-12-30(28)34-23-25(19-22-31(29)34)24-17-20-26(21-18-24)37-35-15-7-5-13-32(35)33-14-6-8-16-36(33)37/h1-17,19-20,22-23H,18,21H2. The molecule has 1 heteroatoms. The number of nitrogens with zero attached hydrogens (tertiary/aromatic N) is 1. The average molecular weight is 472 g/mol. The Hall–Kier alpha value is -4.62. The van der Waals surface area contributed by atoms with Crippen molar-refractivity contribution in [2.75, 3.05) is 0 Å². The van der Waals surface area contributed by atoms with E-state index in [0.717, 1.165) is 12.8 Å². The van der Waals surface area contributed by atoms with Crippen LogP contribution in [0.3, 0.4) is 0 Å². The Morgan fingerprint density at radius 3 is 1.43 bits per heavy atom. The van der Waals surface area contributed by atoms with Crippen LogP contribution in [0.25, 0.3) is 65.4 Å². The maximum absolute atomic E-state index is 2.46. The molecule has 37 heavy (non-hydrogen) atoms. The molecule has 0 unspecified atom stereocenters. The van der Waals surface area contributed by atoms with Crippen molar-refractivity contribution < 1.29 is 0 Å². The molecule has 0 bridgehead atoms. The molecule has 8 rings (SSSR count). The number of benzene rings is 6. The van der Waals surface area contributed by atoms with Gasteiger partial charge in [-0.1, -0.05) is 103 Å². The Balaban J connectivity index is 1.29. The predicted molar refractivity (Wildman–Crippen MR) is 160 cm³/mol. The van der Waals surface area contributed by atoms with Crippen LogP contribution in [0, 0.1) is 0 Å². The second kappa shape index (κ2) is 7.94. The van der Waals surface area contributed by atoms with E-state index in [9.17, 15) is 0 Å². The van der Waals surface area contributed by atoms with E-state index >= 15 is 0 Å². The third-order valence-electron chi connectivity index (χ3n) is 8.11. The zero-order chi connectivity index (χ0) is 24.3. The van der Waals surface area contributed by atoms with Gasteiger partial charge in [-0.3, -0.25) is 0 Å². The summed E-state index contributed by atoms with van der Waals surface area (Å²) in [6.45, 7) is 0. The lowest BCUT2D eigenvalue weighted by Crippen LogP contribution is -2.01. The van der Waals surface area contributed by atoms with Gasteiger partial charge >= 0.3 is 0 Å². The van der Waals surface area contributed by atoms with Crippen molar-refractivity contribution in [2.24, 2.45) is 0 Å². The van der Waals surface area contributed by atoms with E-state index in [4.69, 9.17) is 0 Å². The zero-order valence-corrected chi connectivity index (χ0v) is 20.5. The van der Waals surface area contributed by atoms with Crippen molar-refractivity contribution >= 4 is 65.4 Å². The van der Waals surface area contributed by atoms with Gasteiger partial charge in [0.25, 0.3) is 0 Å². The normalized spacial score (nSPS) is 14.1. The van der Waals surface area contributed by atoms with Gasteiger partial charge in [-0.25, -0.2) is 0 Å². The van der Waals surface area contributed by atoms with E-state index in [1.54, 1.807) is 0 Å². The van der Waals surface area contributed by atoms with Gasteiger partial charge in [0.05, 0.1) is 11.0 Å². The van der Waals surface area contributed by atoms with Crippen LogP contribution in [-0.2, 0) is 0 Å². The number of allylic oxidation sites excluding steroid dienone is 4. The molecule has 1 aliphatic carbocycles. The molecule has 0 saturated heterocycles. The van der Waals surface area contributed by atoms with E-state index in [-0.39, 0.29) is 0 Å². The topological polar surface area (TPSA) is 4.93 Å². The Kier molecular flexibility index (Phi) is 4.41. The number of hydrogen-bond acceptors (Lipinski definition) is 0. The SMILES string of the molecule is C1=C(c2ccc3c4ccccc4c4ccccc4c3c2)CCC(n2c3ccccc3c3ccccc32)=C1. The van der Waals surface area contributed by atoms with Crippen LogP contribution >= 0.6 is 0 Å². The second-order valence-electron chi connectivity index (χ2n) is 10.1. The minimum atomic E-state index is 1.02. The summed E-state index contributed by atoms with van der Waals surface area (Å²) in [5.41, 5.74) is 6.67. The maximum atomic E-state index is 2.46. The molecule has 0 fully saturated rings. The summed E-state index contributed by atoms with van der Waals surface area (Å²) >= 11 is 0. The van der Waals surface area contributed by atoms with Crippen molar-refractivity contribution in [2.45, 2.75) is 12.8 Å². The van der Waals surface area contributed by atoms with Crippen LogP contribution in [0.1, 0.15) is 18.4 Å². The molecule has 174 valence electrons. The quantitative estimate of drug-likeness (QED) is 0.221. The number of aromatic nitrogens is 1. The lowest BCUT2D eigenvalue weighted by atomic mass is 9.90. The molecule has 0 saturated carbocycles. The molecular formula is C36H25N. The van der Waals surface area contributed by atoms with Crippen molar-refractivity contribution in [3.63, 3.8) is 0 Å². The van der Waals surface area contributed by atoms with Gasteiger partial charge < -0.3 is 4.57 Å². The summed E-state index contributed by atoms with van der Waals surface area (Å²) < 4.78 is 2.46. The Morgan fingerprint density at radius 1 is 0.405 bits per heavy atom. The first-order valence-electron chi connectivity index (χ1n) is 13.1. The molecule has 0 amide bonds. The van der Waals surface area contributed by atoms with Crippen molar-refractivity contribution in [1.82, 2.24) is 4.57 Å². The van der Waals surface area contributed by atoms with E-state index in [0.29, 0.717) is 0 Å². The highest BCUT2D eigenvalue weighted by molar-refractivity contribution is 6.25. The minimum Gasteiger partial charge on any atom is -0.313 e. The average Bonchev–Trinajstić information content (AvgIpc) is 3.32. The highest BCUT2D eigenvalue weighted by Crippen LogP contribution is 2.39. The van der Waals surface area contributed by atoms with Crippen LogP contribution in [0.2, 0.25) is 0 Å². The summed E-state index contributed by atoms with van der Waals surface area (Å²) in [5, 5.41) is 10.6. The largest absolute Gasteiger partial charge is 0.313 e. The summed E-state index contributed by atoms with van der Waals surface area (Å²) in [5.74, 6) is 0. The van der Waals surface area contributed by atoms with E-state index < -0.39 is 0 Å². The van der Waals surface area contributed by atoms with Crippen LogP contribution < -0.4 is 0 Å². The fraction of sp³-hybridized carbons (Fsp3) is 0.0556. The molecule has 0 aliphatic heterocycles. The molecular weight excluding hydrogens is 446 g/mol. The van der Waals surface area contributed by atoms with Gasteiger partial charge in [-0.15, -0.1) is 0 Å². The maximum Gasteiger partial charge on any atom is 0.0537 e. The predicted octanol–water partition coefficient (Wildman–Crippen LogP) is 9.97.